The Morgan fingerprint density at radius 1 is 1.05 bits per heavy atom. The molecule has 1 aliphatic rings. The third-order valence-electron chi connectivity index (χ3n) is 3.37. The largest absolute Gasteiger partial charge is 0.339 e. The van der Waals surface area contributed by atoms with Crippen LogP contribution in [0.4, 0.5) is 4.39 Å². The molecular weight excluding hydrogens is 271 g/mol. The van der Waals surface area contributed by atoms with Crippen LogP contribution >= 0.6 is 0 Å². The summed E-state index contributed by atoms with van der Waals surface area (Å²) in [5.74, 6) is -0.784. The van der Waals surface area contributed by atoms with E-state index < -0.39 is 5.82 Å². The lowest BCUT2D eigenvalue weighted by Crippen LogP contribution is -2.50. The molecule has 1 aliphatic heterocycles. The molecule has 4 nitrogen and oxygen atoms in total. The van der Waals surface area contributed by atoms with E-state index in [1.807, 2.05) is 13.8 Å². The molecule has 5 heteroatoms. The highest BCUT2D eigenvalue weighted by Gasteiger charge is 2.24. The fraction of sp³-hybridized carbons (Fsp3) is 0.500. The predicted molar refractivity (Wildman–Crippen MR) is 80.6 cm³/mol. The van der Waals surface area contributed by atoms with E-state index in [0.29, 0.717) is 26.2 Å². The monoisotopic (exact) mass is 294 g/mol. The van der Waals surface area contributed by atoms with Gasteiger partial charge in [0.25, 0.3) is 5.91 Å². The van der Waals surface area contributed by atoms with Crippen LogP contribution in [0.25, 0.3) is 0 Å². The molecule has 2 amide bonds. The summed E-state index contributed by atoms with van der Waals surface area (Å²) < 4.78 is 13.7. The number of hydrogen-bond donors (Lipinski definition) is 0. The quantitative estimate of drug-likeness (QED) is 0.798. The fourth-order valence-corrected chi connectivity index (χ4v) is 2.19. The Kier molecular flexibility index (Phi) is 6.34. The minimum absolute atomic E-state index is 0.00798. The van der Waals surface area contributed by atoms with Crippen molar-refractivity contribution in [2.45, 2.75) is 27.7 Å². The van der Waals surface area contributed by atoms with Crippen LogP contribution in [0.5, 0.6) is 0 Å². The molecule has 116 valence electrons. The highest BCUT2D eigenvalue weighted by molar-refractivity contribution is 5.94. The van der Waals surface area contributed by atoms with Gasteiger partial charge in [-0.3, -0.25) is 9.59 Å². The molecule has 1 aromatic carbocycles. The first-order valence-corrected chi connectivity index (χ1v) is 7.30. The van der Waals surface area contributed by atoms with Crippen molar-refractivity contribution < 1.29 is 14.0 Å². The van der Waals surface area contributed by atoms with Crippen molar-refractivity contribution in [3.8, 4) is 0 Å². The first kappa shape index (κ1) is 17.1. The van der Waals surface area contributed by atoms with Crippen LogP contribution in [0.15, 0.2) is 18.2 Å². The van der Waals surface area contributed by atoms with Crippen molar-refractivity contribution >= 4 is 11.8 Å². The molecule has 0 saturated carbocycles. The van der Waals surface area contributed by atoms with Crippen LogP contribution in [0, 0.1) is 12.7 Å². The van der Waals surface area contributed by atoms with Gasteiger partial charge in [-0.15, -0.1) is 0 Å². The molecule has 1 aromatic rings. The van der Waals surface area contributed by atoms with E-state index in [9.17, 15) is 14.0 Å². The molecule has 2 rings (SSSR count). The molecule has 0 radical (unpaired) electrons. The van der Waals surface area contributed by atoms with E-state index in [1.54, 1.807) is 22.8 Å². The first-order chi connectivity index (χ1) is 9.99. The van der Waals surface area contributed by atoms with Gasteiger partial charge in [0.05, 0.1) is 5.56 Å². The average Bonchev–Trinajstić information content (AvgIpc) is 2.49. The number of hydrogen-bond acceptors (Lipinski definition) is 2. The van der Waals surface area contributed by atoms with Crippen LogP contribution in [0.1, 0.15) is 36.7 Å². The van der Waals surface area contributed by atoms with Gasteiger partial charge in [0.1, 0.15) is 5.82 Å². The SMILES string of the molecule is CC.CC(=O)N1CCN(C(=O)c2ccc(C)cc2F)CC1. The fourth-order valence-electron chi connectivity index (χ4n) is 2.19. The van der Waals surface area contributed by atoms with Gasteiger partial charge in [-0.05, 0) is 24.6 Å². The Bertz CT molecular complexity index is 509. The van der Waals surface area contributed by atoms with Crippen molar-refractivity contribution in [2.75, 3.05) is 26.2 Å². The van der Waals surface area contributed by atoms with Crippen LogP contribution in [-0.2, 0) is 4.79 Å². The molecule has 1 heterocycles. The molecule has 0 unspecified atom stereocenters. The zero-order valence-corrected chi connectivity index (χ0v) is 13.1. The minimum Gasteiger partial charge on any atom is -0.339 e. The highest BCUT2D eigenvalue weighted by atomic mass is 19.1. The summed E-state index contributed by atoms with van der Waals surface area (Å²) in [5, 5.41) is 0. The lowest BCUT2D eigenvalue weighted by Gasteiger charge is -2.34. The Hall–Kier alpha value is -1.91. The van der Waals surface area contributed by atoms with Crippen molar-refractivity contribution in [3.05, 3.63) is 35.1 Å². The van der Waals surface area contributed by atoms with Crippen LogP contribution in [0.3, 0.4) is 0 Å². The third-order valence-corrected chi connectivity index (χ3v) is 3.37. The zero-order valence-electron chi connectivity index (χ0n) is 13.1. The Morgan fingerprint density at radius 2 is 1.57 bits per heavy atom. The maximum Gasteiger partial charge on any atom is 0.256 e. The van der Waals surface area contributed by atoms with Gasteiger partial charge in [-0.1, -0.05) is 19.9 Å². The topological polar surface area (TPSA) is 40.6 Å². The molecule has 0 aromatic heterocycles. The molecule has 0 N–H and O–H groups in total. The van der Waals surface area contributed by atoms with E-state index in [1.165, 1.54) is 19.1 Å². The van der Waals surface area contributed by atoms with Gasteiger partial charge >= 0.3 is 0 Å². The van der Waals surface area contributed by atoms with Gasteiger partial charge in [0.15, 0.2) is 0 Å². The molecule has 1 saturated heterocycles. The van der Waals surface area contributed by atoms with E-state index in [2.05, 4.69) is 0 Å². The molecule has 1 fully saturated rings. The first-order valence-electron chi connectivity index (χ1n) is 7.30. The maximum atomic E-state index is 13.7. The van der Waals surface area contributed by atoms with Gasteiger partial charge in [0, 0.05) is 33.1 Å². The third kappa shape index (κ3) is 4.28. The van der Waals surface area contributed by atoms with Crippen molar-refractivity contribution in [2.24, 2.45) is 0 Å². The van der Waals surface area contributed by atoms with Gasteiger partial charge < -0.3 is 9.80 Å². The summed E-state index contributed by atoms with van der Waals surface area (Å²) in [6, 6.07) is 4.60. The number of amides is 2. The second-order valence-electron chi connectivity index (χ2n) is 4.78. The number of benzene rings is 1. The summed E-state index contributed by atoms with van der Waals surface area (Å²) in [6.45, 7) is 9.21. The minimum atomic E-state index is -0.487. The van der Waals surface area contributed by atoms with Crippen molar-refractivity contribution in [1.29, 1.82) is 0 Å². The lowest BCUT2D eigenvalue weighted by molar-refractivity contribution is -0.130. The van der Waals surface area contributed by atoms with E-state index in [4.69, 9.17) is 0 Å². The summed E-state index contributed by atoms with van der Waals surface area (Å²) in [4.78, 5) is 26.7. The number of nitrogens with zero attached hydrogens (tertiary/aromatic N) is 2. The molecule has 21 heavy (non-hydrogen) atoms. The normalized spacial score (nSPS) is 14.3. The van der Waals surface area contributed by atoms with E-state index in [-0.39, 0.29) is 17.4 Å². The smallest absolute Gasteiger partial charge is 0.256 e. The van der Waals surface area contributed by atoms with Gasteiger partial charge in [-0.2, -0.15) is 0 Å². The summed E-state index contributed by atoms with van der Waals surface area (Å²) in [6.07, 6.45) is 0. The van der Waals surface area contributed by atoms with Gasteiger partial charge in [0.2, 0.25) is 5.91 Å². The maximum absolute atomic E-state index is 13.7. The molecule has 0 bridgehead atoms. The average molecular weight is 294 g/mol. The second-order valence-corrected chi connectivity index (χ2v) is 4.78. The standard InChI is InChI=1S/C14H17FN2O2.C2H6/c1-10-3-4-12(13(15)9-10)14(19)17-7-5-16(6-8-17)11(2)18;1-2/h3-4,9H,5-8H2,1-2H3;1-2H3. The van der Waals surface area contributed by atoms with E-state index in [0.717, 1.165) is 5.56 Å². The second kappa shape index (κ2) is 7.76. The van der Waals surface area contributed by atoms with Crippen LogP contribution < -0.4 is 0 Å². The lowest BCUT2D eigenvalue weighted by atomic mass is 10.1. The Labute approximate surface area is 125 Å². The van der Waals surface area contributed by atoms with Crippen molar-refractivity contribution in [3.63, 3.8) is 0 Å². The van der Waals surface area contributed by atoms with Gasteiger partial charge in [-0.25, -0.2) is 4.39 Å². The predicted octanol–water partition coefficient (Wildman–Crippen LogP) is 2.46. The Morgan fingerprint density at radius 3 is 2.05 bits per heavy atom. The highest BCUT2D eigenvalue weighted by Crippen LogP contribution is 2.14. The molecule has 0 spiro atoms. The number of rotatable bonds is 1. The number of piperazine rings is 1. The molecular formula is C16H23FN2O2. The Balaban J connectivity index is 0.00000106. The number of carbonyl (C=O) groups excluding carboxylic acids is 2. The molecule has 0 aliphatic carbocycles. The molecule has 0 atom stereocenters. The van der Waals surface area contributed by atoms with Crippen molar-refractivity contribution in [1.82, 2.24) is 9.80 Å². The summed E-state index contributed by atoms with van der Waals surface area (Å²) >= 11 is 0. The number of aryl methyl sites for hydroxylation is 1. The summed E-state index contributed by atoms with van der Waals surface area (Å²) in [7, 11) is 0. The van der Waals surface area contributed by atoms with Crippen LogP contribution in [-0.4, -0.2) is 47.8 Å². The number of carbonyl (C=O) groups is 2. The number of halogens is 1. The summed E-state index contributed by atoms with van der Waals surface area (Å²) in [5.41, 5.74) is 0.886. The van der Waals surface area contributed by atoms with Crippen LogP contribution in [0.2, 0.25) is 0 Å². The zero-order chi connectivity index (χ0) is 16.0. The van der Waals surface area contributed by atoms with E-state index >= 15 is 0 Å².